The largest absolute Gasteiger partial charge is 0.309 e. The Bertz CT molecular complexity index is 1060. The molecule has 1 heterocycles. The van der Waals surface area contributed by atoms with Gasteiger partial charge in [0, 0.05) is 11.1 Å². The lowest BCUT2D eigenvalue weighted by Gasteiger charge is -2.12. The molecule has 0 saturated heterocycles. The van der Waals surface area contributed by atoms with Gasteiger partial charge in [0.1, 0.15) is 0 Å². The lowest BCUT2D eigenvalue weighted by molar-refractivity contribution is -0.115. The van der Waals surface area contributed by atoms with Crippen LogP contribution in [0, 0.1) is 29.1 Å². The zero-order chi connectivity index (χ0) is 21.8. The summed E-state index contributed by atoms with van der Waals surface area (Å²) in [7, 11) is 0. The fourth-order valence-corrected chi connectivity index (χ4v) is 2.83. The molecule has 1 amide bonds. The SMILES string of the molecule is CCCc1nc(-c2ccccc2)cnc1NC(=O)Cc1c(F)c(F)c(F)c(F)c1F. The Kier molecular flexibility index (Phi) is 6.39. The second kappa shape index (κ2) is 8.98. The average Bonchev–Trinajstić information content (AvgIpc) is 2.76. The number of benzene rings is 2. The number of anilines is 1. The van der Waals surface area contributed by atoms with E-state index in [9.17, 15) is 26.7 Å². The van der Waals surface area contributed by atoms with E-state index in [0.717, 1.165) is 5.56 Å². The molecule has 0 bridgehead atoms. The predicted molar refractivity (Wildman–Crippen MR) is 100 cm³/mol. The summed E-state index contributed by atoms with van der Waals surface area (Å²) >= 11 is 0. The van der Waals surface area contributed by atoms with Gasteiger partial charge in [-0.05, 0) is 6.42 Å². The van der Waals surface area contributed by atoms with E-state index in [-0.39, 0.29) is 5.82 Å². The maximum atomic E-state index is 13.8. The van der Waals surface area contributed by atoms with Crippen molar-refractivity contribution < 1.29 is 26.7 Å². The second-order valence-electron chi connectivity index (χ2n) is 6.44. The van der Waals surface area contributed by atoms with Gasteiger partial charge >= 0.3 is 0 Å². The molecule has 3 rings (SSSR count). The summed E-state index contributed by atoms with van der Waals surface area (Å²) in [6.45, 7) is 1.89. The molecule has 2 aromatic carbocycles. The Morgan fingerprint density at radius 3 is 2.13 bits per heavy atom. The molecule has 9 heteroatoms. The number of aryl methyl sites for hydroxylation is 1. The molecular weight excluding hydrogens is 405 g/mol. The summed E-state index contributed by atoms with van der Waals surface area (Å²) in [4.78, 5) is 20.9. The lowest BCUT2D eigenvalue weighted by Crippen LogP contribution is -2.20. The summed E-state index contributed by atoms with van der Waals surface area (Å²) in [6.07, 6.45) is 1.49. The average molecular weight is 421 g/mol. The van der Waals surface area contributed by atoms with Gasteiger partial charge in [-0.2, -0.15) is 0 Å². The van der Waals surface area contributed by atoms with E-state index in [1.807, 2.05) is 37.3 Å². The molecule has 0 aliphatic carbocycles. The number of aromatic nitrogens is 2. The zero-order valence-electron chi connectivity index (χ0n) is 15.8. The Balaban J connectivity index is 1.87. The summed E-state index contributed by atoms with van der Waals surface area (Å²) in [5, 5.41) is 2.35. The van der Waals surface area contributed by atoms with Crippen molar-refractivity contribution in [3.8, 4) is 11.3 Å². The molecule has 0 aliphatic heterocycles. The van der Waals surface area contributed by atoms with Gasteiger partial charge in [0.2, 0.25) is 11.7 Å². The topological polar surface area (TPSA) is 54.9 Å². The molecular formula is C21H16F5N3O. The summed E-state index contributed by atoms with van der Waals surface area (Å²) in [6, 6.07) is 9.17. The quantitative estimate of drug-likeness (QED) is 0.347. The summed E-state index contributed by atoms with van der Waals surface area (Å²) in [5.74, 6) is -11.5. The van der Waals surface area contributed by atoms with Crippen molar-refractivity contribution in [2.75, 3.05) is 5.32 Å². The zero-order valence-corrected chi connectivity index (χ0v) is 15.8. The number of carbonyl (C=O) groups is 1. The van der Waals surface area contributed by atoms with Crippen LogP contribution in [-0.4, -0.2) is 15.9 Å². The van der Waals surface area contributed by atoms with Gasteiger partial charge in [0.05, 0.1) is 24.0 Å². The van der Waals surface area contributed by atoms with Crippen molar-refractivity contribution in [1.82, 2.24) is 9.97 Å². The molecule has 1 N–H and O–H groups in total. The van der Waals surface area contributed by atoms with Gasteiger partial charge in [0.15, 0.2) is 29.1 Å². The molecule has 1 aromatic heterocycles. The van der Waals surface area contributed by atoms with Crippen molar-refractivity contribution in [1.29, 1.82) is 0 Å². The molecule has 0 saturated carbocycles. The number of hydrogen-bond donors (Lipinski definition) is 1. The van der Waals surface area contributed by atoms with Crippen LogP contribution in [0.5, 0.6) is 0 Å². The van der Waals surface area contributed by atoms with Crippen LogP contribution in [0.15, 0.2) is 36.5 Å². The smallest absolute Gasteiger partial charge is 0.230 e. The van der Waals surface area contributed by atoms with E-state index < -0.39 is 47.0 Å². The highest BCUT2D eigenvalue weighted by atomic mass is 19.2. The van der Waals surface area contributed by atoms with E-state index in [1.165, 1.54) is 6.20 Å². The third-order valence-corrected chi connectivity index (χ3v) is 4.30. The number of amides is 1. The Hall–Kier alpha value is -3.36. The molecule has 0 atom stereocenters. The number of carbonyl (C=O) groups excluding carboxylic acids is 1. The Morgan fingerprint density at radius 1 is 0.933 bits per heavy atom. The lowest BCUT2D eigenvalue weighted by atomic mass is 10.1. The minimum Gasteiger partial charge on any atom is -0.309 e. The number of nitrogens with zero attached hydrogens (tertiary/aromatic N) is 2. The standard InChI is InChI=1S/C21H16F5N3O/c1-2-6-13-21(27-10-14(28-13)11-7-4-3-5-8-11)29-15(30)9-12-16(22)18(24)20(26)19(25)17(12)23/h3-5,7-8,10H,2,6,9H2,1H3,(H,27,29,30). The van der Waals surface area contributed by atoms with Gasteiger partial charge in [-0.15, -0.1) is 0 Å². The first-order valence-electron chi connectivity index (χ1n) is 9.05. The molecule has 30 heavy (non-hydrogen) atoms. The maximum Gasteiger partial charge on any atom is 0.230 e. The molecule has 4 nitrogen and oxygen atoms in total. The fourth-order valence-electron chi connectivity index (χ4n) is 2.83. The van der Waals surface area contributed by atoms with Crippen LogP contribution < -0.4 is 5.32 Å². The molecule has 156 valence electrons. The van der Waals surface area contributed by atoms with Crippen LogP contribution in [0.25, 0.3) is 11.3 Å². The highest BCUT2D eigenvalue weighted by molar-refractivity contribution is 5.92. The van der Waals surface area contributed by atoms with E-state index in [0.29, 0.717) is 24.2 Å². The van der Waals surface area contributed by atoms with Crippen molar-refractivity contribution in [2.24, 2.45) is 0 Å². The van der Waals surface area contributed by atoms with E-state index in [1.54, 1.807) is 0 Å². The number of halogens is 5. The molecule has 0 fully saturated rings. The molecule has 0 spiro atoms. The first-order valence-corrected chi connectivity index (χ1v) is 9.05. The highest BCUT2D eigenvalue weighted by Crippen LogP contribution is 2.24. The molecule has 0 unspecified atom stereocenters. The molecule has 0 aliphatic rings. The van der Waals surface area contributed by atoms with Gasteiger partial charge < -0.3 is 5.32 Å². The monoisotopic (exact) mass is 421 g/mol. The Morgan fingerprint density at radius 2 is 1.53 bits per heavy atom. The second-order valence-corrected chi connectivity index (χ2v) is 6.44. The van der Waals surface area contributed by atoms with Crippen molar-refractivity contribution in [3.05, 3.63) is 76.9 Å². The van der Waals surface area contributed by atoms with Gasteiger partial charge in [-0.1, -0.05) is 43.7 Å². The normalized spacial score (nSPS) is 10.9. The van der Waals surface area contributed by atoms with Gasteiger partial charge in [-0.25, -0.2) is 31.9 Å². The van der Waals surface area contributed by atoms with Gasteiger partial charge in [0.25, 0.3) is 0 Å². The van der Waals surface area contributed by atoms with Crippen LogP contribution >= 0.6 is 0 Å². The highest BCUT2D eigenvalue weighted by Gasteiger charge is 2.27. The first-order chi connectivity index (χ1) is 14.3. The summed E-state index contributed by atoms with van der Waals surface area (Å²) < 4.78 is 67.4. The van der Waals surface area contributed by atoms with Crippen LogP contribution in [0.3, 0.4) is 0 Å². The predicted octanol–water partition coefficient (Wildman–Crippen LogP) is 4.97. The number of hydrogen-bond acceptors (Lipinski definition) is 3. The summed E-state index contributed by atoms with van der Waals surface area (Å²) in [5.41, 5.74) is 0.595. The van der Waals surface area contributed by atoms with E-state index in [4.69, 9.17) is 0 Å². The maximum absolute atomic E-state index is 13.8. The fraction of sp³-hybridized carbons (Fsp3) is 0.190. The van der Waals surface area contributed by atoms with Crippen LogP contribution in [0.2, 0.25) is 0 Å². The van der Waals surface area contributed by atoms with Crippen molar-refractivity contribution in [2.45, 2.75) is 26.2 Å². The minimum atomic E-state index is -2.28. The van der Waals surface area contributed by atoms with E-state index >= 15 is 0 Å². The van der Waals surface area contributed by atoms with E-state index in [2.05, 4.69) is 15.3 Å². The molecule has 3 aromatic rings. The van der Waals surface area contributed by atoms with Crippen LogP contribution in [0.1, 0.15) is 24.6 Å². The van der Waals surface area contributed by atoms with Crippen LogP contribution in [-0.2, 0) is 17.6 Å². The van der Waals surface area contributed by atoms with Crippen molar-refractivity contribution in [3.63, 3.8) is 0 Å². The van der Waals surface area contributed by atoms with Crippen LogP contribution in [0.4, 0.5) is 27.8 Å². The number of nitrogens with one attached hydrogen (secondary N) is 1. The third kappa shape index (κ3) is 4.29. The minimum absolute atomic E-state index is 0.0606. The molecule has 0 radical (unpaired) electrons. The van der Waals surface area contributed by atoms with Crippen molar-refractivity contribution >= 4 is 11.7 Å². The Labute approximate surface area is 168 Å². The third-order valence-electron chi connectivity index (χ3n) is 4.30. The first kappa shape index (κ1) is 21.4. The van der Waals surface area contributed by atoms with Gasteiger partial charge in [-0.3, -0.25) is 4.79 Å². The number of rotatable bonds is 6.